The van der Waals surface area contributed by atoms with Gasteiger partial charge in [0.15, 0.2) is 0 Å². The van der Waals surface area contributed by atoms with Crippen LogP contribution in [0.4, 0.5) is 0 Å². The van der Waals surface area contributed by atoms with Crippen LogP contribution >= 0.6 is 24.8 Å². The summed E-state index contributed by atoms with van der Waals surface area (Å²) in [5, 5.41) is 2.95. The van der Waals surface area contributed by atoms with Crippen molar-refractivity contribution in [1.29, 1.82) is 0 Å². The number of carbonyl (C=O) groups excluding carboxylic acids is 1. The van der Waals surface area contributed by atoms with Crippen LogP contribution in [-0.2, 0) is 16.1 Å². The second-order valence-corrected chi connectivity index (χ2v) is 6.63. The van der Waals surface area contributed by atoms with E-state index in [1.165, 1.54) is 0 Å². The topological polar surface area (TPSA) is 77.2 Å². The van der Waals surface area contributed by atoms with Crippen LogP contribution in [0.5, 0.6) is 0 Å². The number of hydrogen-bond acceptors (Lipinski definition) is 4. The lowest BCUT2D eigenvalue weighted by Crippen LogP contribution is -2.82. The molecule has 3 N–H and O–H groups in total. The number of fused-ring (bicyclic) bond motifs is 1. The minimum Gasteiger partial charge on any atom is -0.377 e. The highest BCUT2D eigenvalue weighted by atomic mass is 35.5. The Labute approximate surface area is 149 Å². The van der Waals surface area contributed by atoms with E-state index < -0.39 is 5.54 Å². The number of nitrogens with one attached hydrogen (secondary N) is 1. The highest BCUT2D eigenvalue weighted by Gasteiger charge is 2.70. The van der Waals surface area contributed by atoms with Gasteiger partial charge >= 0.3 is 0 Å². The van der Waals surface area contributed by atoms with E-state index in [0.717, 1.165) is 25.1 Å². The summed E-state index contributed by atoms with van der Waals surface area (Å²) in [7, 11) is 0. The Morgan fingerprint density at radius 2 is 2.17 bits per heavy atom. The van der Waals surface area contributed by atoms with E-state index in [1.807, 2.05) is 32.0 Å². The van der Waals surface area contributed by atoms with Crippen molar-refractivity contribution in [3.63, 3.8) is 0 Å². The maximum absolute atomic E-state index is 12.7. The second-order valence-electron chi connectivity index (χ2n) is 6.63. The molecular weight excluding hydrogens is 337 g/mol. The molecular formula is C16H25Cl2N3O2. The first-order chi connectivity index (χ1) is 9.98. The quantitative estimate of drug-likeness (QED) is 0.863. The van der Waals surface area contributed by atoms with Crippen molar-refractivity contribution in [2.45, 2.75) is 44.9 Å². The zero-order valence-electron chi connectivity index (χ0n) is 13.5. The Morgan fingerprint density at radius 3 is 2.83 bits per heavy atom. The van der Waals surface area contributed by atoms with Crippen molar-refractivity contribution >= 4 is 30.7 Å². The molecule has 1 aromatic heterocycles. The lowest BCUT2D eigenvalue weighted by molar-refractivity contribution is -0.225. The number of hydrogen-bond donors (Lipinski definition) is 2. The molecule has 2 aliphatic rings. The number of rotatable bonds is 3. The van der Waals surface area contributed by atoms with Gasteiger partial charge in [-0.05, 0) is 25.0 Å². The number of nitrogens with two attached hydrogens (primary N) is 1. The Balaban J connectivity index is 0.00000132. The van der Waals surface area contributed by atoms with Crippen molar-refractivity contribution in [2.75, 3.05) is 6.61 Å². The molecule has 0 aromatic carbocycles. The third-order valence-corrected chi connectivity index (χ3v) is 5.22. The lowest BCUT2D eigenvalue weighted by Gasteiger charge is -2.65. The first-order valence-electron chi connectivity index (χ1n) is 7.56. The van der Waals surface area contributed by atoms with Crippen LogP contribution in [-0.4, -0.2) is 29.1 Å². The lowest BCUT2D eigenvalue weighted by atomic mass is 9.46. The Kier molecular flexibility index (Phi) is 6.44. The monoisotopic (exact) mass is 361 g/mol. The average Bonchev–Trinajstić information content (AvgIpc) is 2.52. The molecule has 1 aliphatic heterocycles. The van der Waals surface area contributed by atoms with Crippen molar-refractivity contribution in [3.05, 3.63) is 30.1 Å². The fraction of sp³-hybridized carbons (Fsp3) is 0.625. The van der Waals surface area contributed by atoms with Gasteiger partial charge in [0.05, 0.1) is 18.3 Å². The van der Waals surface area contributed by atoms with E-state index >= 15 is 0 Å². The molecule has 23 heavy (non-hydrogen) atoms. The molecule has 130 valence electrons. The molecule has 7 heteroatoms. The Morgan fingerprint density at radius 1 is 1.43 bits per heavy atom. The predicted octanol–water partition coefficient (Wildman–Crippen LogP) is 2.07. The summed E-state index contributed by atoms with van der Waals surface area (Å²) < 4.78 is 5.83. The molecule has 1 saturated heterocycles. The molecule has 5 nitrogen and oxygen atoms in total. The smallest absolute Gasteiger partial charge is 0.241 e. The van der Waals surface area contributed by atoms with Crippen LogP contribution in [0.2, 0.25) is 0 Å². The zero-order valence-corrected chi connectivity index (χ0v) is 15.1. The summed E-state index contributed by atoms with van der Waals surface area (Å²) in [6, 6.07) is 5.65. The molecule has 0 bridgehead atoms. The van der Waals surface area contributed by atoms with E-state index in [4.69, 9.17) is 10.5 Å². The normalized spacial score (nSPS) is 30.7. The molecule has 3 atom stereocenters. The van der Waals surface area contributed by atoms with Crippen LogP contribution in [0, 0.1) is 11.3 Å². The number of amides is 1. The zero-order chi connectivity index (χ0) is 15.1. The van der Waals surface area contributed by atoms with Crippen molar-refractivity contribution in [1.82, 2.24) is 10.3 Å². The maximum atomic E-state index is 12.7. The molecule has 0 radical (unpaired) electrons. The number of nitrogens with zero attached hydrogens (tertiary/aromatic N) is 1. The summed E-state index contributed by atoms with van der Waals surface area (Å²) >= 11 is 0. The predicted molar refractivity (Wildman–Crippen MR) is 93.7 cm³/mol. The summed E-state index contributed by atoms with van der Waals surface area (Å²) in [6.45, 7) is 5.24. The minimum atomic E-state index is -0.854. The van der Waals surface area contributed by atoms with E-state index in [2.05, 4.69) is 10.3 Å². The minimum absolute atomic E-state index is 0. The van der Waals surface area contributed by atoms with E-state index in [9.17, 15) is 4.79 Å². The van der Waals surface area contributed by atoms with Crippen LogP contribution < -0.4 is 11.1 Å². The van der Waals surface area contributed by atoms with Crippen LogP contribution in [0.3, 0.4) is 0 Å². The first kappa shape index (κ1) is 20.2. The molecule has 1 amide bonds. The van der Waals surface area contributed by atoms with Gasteiger partial charge in [-0.3, -0.25) is 9.78 Å². The Bertz CT molecular complexity index is 541. The summed E-state index contributed by atoms with van der Waals surface area (Å²) in [5.41, 5.74) is 6.17. The summed E-state index contributed by atoms with van der Waals surface area (Å²) in [4.78, 5) is 16.9. The number of ether oxygens (including phenoxy) is 1. The summed E-state index contributed by atoms with van der Waals surface area (Å²) in [5.74, 6) is 0.0230. The van der Waals surface area contributed by atoms with Crippen molar-refractivity contribution < 1.29 is 9.53 Å². The molecule has 1 aromatic rings. The van der Waals surface area contributed by atoms with Gasteiger partial charge in [-0.2, -0.15) is 0 Å². The number of pyridine rings is 1. The second kappa shape index (κ2) is 7.34. The van der Waals surface area contributed by atoms with Gasteiger partial charge in [0.2, 0.25) is 5.91 Å². The number of aromatic nitrogens is 1. The SMILES string of the molecule is CC1(C)C2OCCCC2C1(N)C(=O)NCc1ccccn1.Cl.Cl. The molecule has 1 aliphatic carbocycles. The highest BCUT2D eigenvalue weighted by molar-refractivity contribution is 5.89. The van der Waals surface area contributed by atoms with E-state index in [-0.39, 0.29) is 48.2 Å². The third-order valence-electron chi connectivity index (χ3n) is 5.22. The molecule has 0 spiro atoms. The van der Waals surface area contributed by atoms with Crippen LogP contribution in [0.25, 0.3) is 0 Å². The Hall–Kier alpha value is -0.880. The first-order valence-corrected chi connectivity index (χ1v) is 7.56. The van der Waals surface area contributed by atoms with Gasteiger partial charge in [-0.1, -0.05) is 19.9 Å². The number of halogens is 2. The van der Waals surface area contributed by atoms with Gasteiger partial charge < -0.3 is 15.8 Å². The molecule has 1 saturated carbocycles. The molecule has 2 fully saturated rings. The van der Waals surface area contributed by atoms with Gasteiger partial charge in [0, 0.05) is 24.1 Å². The molecule has 2 heterocycles. The van der Waals surface area contributed by atoms with Crippen molar-refractivity contribution in [2.24, 2.45) is 17.1 Å². The third kappa shape index (κ3) is 3.07. The fourth-order valence-electron chi connectivity index (χ4n) is 3.86. The van der Waals surface area contributed by atoms with Crippen LogP contribution in [0.1, 0.15) is 32.4 Å². The summed E-state index contributed by atoms with van der Waals surface area (Å²) in [6.07, 6.45) is 3.75. The average molecular weight is 362 g/mol. The van der Waals surface area contributed by atoms with Crippen molar-refractivity contribution in [3.8, 4) is 0 Å². The largest absolute Gasteiger partial charge is 0.377 e. The fourth-order valence-corrected chi connectivity index (χ4v) is 3.86. The highest BCUT2D eigenvalue weighted by Crippen LogP contribution is 2.57. The van der Waals surface area contributed by atoms with Gasteiger partial charge in [0.1, 0.15) is 5.54 Å². The van der Waals surface area contributed by atoms with E-state index in [0.29, 0.717) is 6.54 Å². The van der Waals surface area contributed by atoms with Crippen LogP contribution in [0.15, 0.2) is 24.4 Å². The maximum Gasteiger partial charge on any atom is 0.241 e. The van der Waals surface area contributed by atoms with E-state index in [1.54, 1.807) is 6.20 Å². The number of carbonyl (C=O) groups is 1. The van der Waals surface area contributed by atoms with Gasteiger partial charge in [0.25, 0.3) is 0 Å². The van der Waals surface area contributed by atoms with Gasteiger partial charge in [-0.15, -0.1) is 24.8 Å². The standard InChI is InChI=1S/C16H23N3O2.2ClH/c1-15(2)13-12(7-5-9-21-13)16(15,17)14(20)19-10-11-6-3-4-8-18-11;;/h3-4,6,8,12-13H,5,7,9-10,17H2,1-2H3,(H,19,20);2*1H. The van der Waals surface area contributed by atoms with Gasteiger partial charge in [-0.25, -0.2) is 0 Å². The molecule has 3 rings (SSSR count). The molecule has 3 unspecified atom stereocenters.